The minimum absolute atomic E-state index is 0.181. The number of carbonyl (C=O) groups is 1. The molecule has 0 fully saturated rings. The van der Waals surface area contributed by atoms with Crippen LogP contribution >= 0.6 is 0 Å². The lowest BCUT2D eigenvalue weighted by Crippen LogP contribution is -2.55. The number of methoxy groups -OCH3 is 1. The van der Waals surface area contributed by atoms with Gasteiger partial charge in [-0.2, -0.15) is 0 Å². The summed E-state index contributed by atoms with van der Waals surface area (Å²) in [4.78, 5) is 12.2. The average Bonchev–Trinajstić information content (AvgIpc) is 2.43. The third kappa shape index (κ3) is 4.35. The third-order valence-electron chi connectivity index (χ3n) is 3.38. The summed E-state index contributed by atoms with van der Waals surface area (Å²) in [6.07, 6.45) is 1.37. The van der Waals surface area contributed by atoms with Crippen molar-refractivity contribution in [3.05, 3.63) is 35.9 Å². The van der Waals surface area contributed by atoms with E-state index in [2.05, 4.69) is 19.2 Å². The summed E-state index contributed by atoms with van der Waals surface area (Å²) in [6.45, 7) is 7.09. The molecule has 0 bridgehead atoms. The summed E-state index contributed by atoms with van der Waals surface area (Å²) >= 11 is 0. The van der Waals surface area contributed by atoms with E-state index in [0.717, 1.165) is 12.1 Å². The monoisotopic (exact) mass is 263 g/mol. The number of hydrogen-bond donors (Lipinski definition) is 1. The smallest absolute Gasteiger partial charge is 0.326 e. The van der Waals surface area contributed by atoms with Crippen LogP contribution in [-0.4, -0.2) is 25.2 Å². The standard InChI is InChI=1S/C16H25NO2/c1-5-16(15(18)19-4,17-12-13(2)3)11-14-9-7-6-8-10-14/h6-10,13,17H,5,11-12H2,1-4H3. The predicted molar refractivity (Wildman–Crippen MR) is 78.0 cm³/mol. The van der Waals surface area contributed by atoms with Crippen LogP contribution in [0.5, 0.6) is 0 Å². The molecule has 1 aromatic rings. The lowest BCUT2D eigenvalue weighted by molar-refractivity contribution is -0.149. The van der Waals surface area contributed by atoms with Crippen LogP contribution in [0.25, 0.3) is 0 Å². The van der Waals surface area contributed by atoms with Crippen molar-refractivity contribution in [1.82, 2.24) is 5.32 Å². The highest BCUT2D eigenvalue weighted by Gasteiger charge is 2.37. The molecular weight excluding hydrogens is 238 g/mol. The Morgan fingerprint density at radius 3 is 2.42 bits per heavy atom. The normalized spacial score (nSPS) is 14.2. The van der Waals surface area contributed by atoms with Gasteiger partial charge in [0.15, 0.2) is 0 Å². The molecule has 1 unspecified atom stereocenters. The first-order valence-electron chi connectivity index (χ1n) is 6.91. The van der Waals surface area contributed by atoms with Crippen molar-refractivity contribution in [2.24, 2.45) is 5.92 Å². The van der Waals surface area contributed by atoms with Gasteiger partial charge in [-0.25, -0.2) is 0 Å². The van der Waals surface area contributed by atoms with Gasteiger partial charge in [0.05, 0.1) is 7.11 Å². The zero-order valence-corrected chi connectivity index (χ0v) is 12.4. The second-order valence-corrected chi connectivity index (χ2v) is 5.36. The minimum atomic E-state index is -0.625. The van der Waals surface area contributed by atoms with Crippen molar-refractivity contribution >= 4 is 5.97 Å². The van der Waals surface area contributed by atoms with Crippen LogP contribution in [0.15, 0.2) is 30.3 Å². The molecule has 0 aromatic heterocycles. The van der Waals surface area contributed by atoms with Gasteiger partial charge in [-0.3, -0.25) is 4.79 Å². The van der Waals surface area contributed by atoms with Crippen molar-refractivity contribution in [3.63, 3.8) is 0 Å². The van der Waals surface area contributed by atoms with E-state index < -0.39 is 5.54 Å². The largest absolute Gasteiger partial charge is 0.468 e. The van der Waals surface area contributed by atoms with Gasteiger partial charge in [-0.05, 0) is 24.4 Å². The lowest BCUT2D eigenvalue weighted by Gasteiger charge is -2.32. The molecule has 0 saturated heterocycles. The average molecular weight is 263 g/mol. The summed E-state index contributed by atoms with van der Waals surface area (Å²) in [7, 11) is 1.45. The topological polar surface area (TPSA) is 38.3 Å². The fourth-order valence-corrected chi connectivity index (χ4v) is 2.14. The predicted octanol–water partition coefficient (Wildman–Crippen LogP) is 2.80. The van der Waals surface area contributed by atoms with Crippen LogP contribution in [0.4, 0.5) is 0 Å². The van der Waals surface area contributed by atoms with E-state index >= 15 is 0 Å². The number of benzene rings is 1. The van der Waals surface area contributed by atoms with Crippen LogP contribution in [-0.2, 0) is 16.0 Å². The Balaban J connectivity index is 2.92. The van der Waals surface area contributed by atoms with Crippen molar-refractivity contribution in [2.45, 2.75) is 39.2 Å². The Labute approximate surface area is 116 Å². The minimum Gasteiger partial charge on any atom is -0.468 e. The van der Waals surface area contributed by atoms with Gasteiger partial charge in [-0.1, -0.05) is 51.1 Å². The van der Waals surface area contributed by atoms with E-state index in [1.54, 1.807) is 0 Å². The first-order chi connectivity index (χ1) is 9.04. The molecule has 19 heavy (non-hydrogen) atoms. The highest BCUT2D eigenvalue weighted by Crippen LogP contribution is 2.20. The third-order valence-corrected chi connectivity index (χ3v) is 3.38. The molecule has 0 heterocycles. The molecule has 0 aliphatic carbocycles. The van der Waals surface area contributed by atoms with E-state index in [1.165, 1.54) is 7.11 Å². The number of rotatable bonds is 7. The fourth-order valence-electron chi connectivity index (χ4n) is 2.14. The van der Waals surface area contributed by atoms with Gasteiger partial charge in [-0.15, -0.1) is 0 Å². The van der Waals surface area contributed by atoms with Crippen LogP contribution in [0.2, 0.25) is 0 Å². The van der Waals surface area contributed by atoms with Gasteiger partial charge in [0.2, 0.25) is 0 Å². The molecule has 0 aliphatic heterocycles. The van der Waals surface area contributed by atoms with Crippen molar-refractivity contribution < 1.29 is 9.53 Å². The molecule has 1 aromatic carbocycles. The van der Waals surface area contributed by atoms with Gasteiger partial charge in [0, 0.05) is 6.42 Å². The maximum Gasteiger partial charge on any atom is 0.326 e. The zero-order chi connectivity index (χ0) is 14.3. The van der Waals surface area contributed by atoms with E-state index in [0.29, 0.717) is 18.8 Å². The van der Waals surface area contributed by atoms with Crippen molar-refractivity contribution in [3.8, 4) is 0 Å². The molecule has 0 aliphatic rings. The van der Waals surface area contributed by atoms with E-state index in [1.807, 2.05) is 37.3 Å². The first kappa shape index (κ1) is 15.7. The summed E-state index contributed by atoms with van der Waals surface area (Å²) in [6, 6.07) is 10.1. The molecule has 0 spiro atoms. The Morgan fingerprint density at radius 2 is 1.95 bits per heavy atom. The molecule has 3 nitrogen and oxygen atoms in total. The molecule has 0 radical (unpaired) electrons. The maximum atomic E-state index is 12.2. The van der Waals surface area contributed by atoms with E-state index in [9.17, 15) is 4.79 Å². The Kier molecular flexibility index (Phi) is 6.03. The van der Waals surface area contributed by atoms with E-state index in [4.69, 9.17) is 4.74 Å². The van der Waals surface area contributed by atoms with Gasteiger partial charge < -0.3 is 10.1 Å². The molecule has 106 valence electrons. The van der Waals surface area contributed by atoms with Crippen LogP contribution in [0, 0.1) is 5.92 Å². The Bertz CT molecular complexity index is 389. The second kappa shape index (κ2) is 7.29. The van der Waals surface area contributed by atoms with Crippen LogP contribution < -0.4 is 5.32 Å². The lowest BCUT2D eigenvalue weighted by atomic mass is 9.87. The first-order valence-corrected chi connectivity index (χ1v) is 6.91. The van der Waals surface area contributed by atoms with Crippen LogP contribution in [0.3, 0.4) is 0 Å². The Morgan fingerprint density at radius 1 is 1.32 bits per heavy atom. The van der Waals surface area contributed by atoms with Crippen LogP contribution in [0.1, 0.15) is 32.8 Å². The number of nitrogens with one attached hydrogen (secondary N) is 1. The molecule has 0 saturated carbocycles. The number of carbonyl (C=O) groups excluding carboxylic acids is 1. The molecule has 0 amide bonds. The molecular formula is C16H25NO2. The molecule has 3 heteroatoms. The molecule has 1 atom stereocenters. The Hall–Kier alpha value is -1.35. The van der Waals surface area contributed by atoms with Crippen molar-refractivity contribution in [2.75, 3.05) is 13.7 Å². The summed E-state index contributed by atoms with van der Waals surface area (Å²) in [5, 5.41) is 3.41. The quantitative estimate of drug-likeness (QED) is 0.769. The van der Waals surface area contributed by atoms with Crippen molar-refractivity contribution in [1.29, 1.82) is 0 Å². The molecule has 1 N–H and O–H groups in total. The highest BCUT2D eigenvalue weighted by molar-refractivity contribution is 5.81. The summed E-state index contributed by atoms with van der Waals surface area (Å²) in [5.41, 5.74) is 0.520. The van der Waals surface area contributed by atoms with E-state index in [-0.39, 0.29) is 5.97 Å². The van der Waals surface area contributed by atoms with Gasteiger partial charge >= 0.3 is 5.97 Å². The second-order valence-electron chi connectivity index (χ2n) is 5.36. The molecule has 1 rings (SSSR count). The highest BCUT2D eigenvalue weighted by atomic mass is 16.5. The van der Waals surface area contributed by atoms with Gasteiger partial charge in [0.1, 0.15) is 5.54 Å². The SMILES string of the molecule is CCC(Cc1ccccc1)(NCC(C)C)C(=O)OC. The zero-order valence-electron chi connectivity index (χ0n) is 12.4. The fraction of sp³-hybridized carbons (Fsp3) is 0.562. The van der Waals surface area contributed by atoms with Gasteiger partial charge in [0.25, 0.3) is 0 Å². The number of ether oxygens (including phenoxy) is 1. The maximum absolute atomic E-state index is 12.2. The summed E-state index contributed by atoms with van der Waals surface area (Å²) < 4.78 is 5.01. The number of esters is 1. The summed E-state index contributed by atoms with van der Waals surface area (Å²) in [5.74, 6) is 0.311. The number of hydrogen-bond acceptors (Lipinski definition) is 3.